The van der Waals surface area contributed by atoms with E-state index in [0.717, 1.165) is 29.1 Å². The molecule has 0 aliphatic heterocycles. The second-order valence-corrected chi connectivity index (χ2v) is 6.37. The molecular formula is C15H24Cl2N4OS. The Morgan fingerprint density at radius 2 is 2.04 bits per heavy atom. The minimum Gasteiger partial charge on any atom is -0.357 e. The highest BCUT2D eigenvalue weighted by molar-refractivity contribution is 7.09. The van der Waals surface area contributed by atoms with Gasteiger partial charge in [-0.1, -0.05) is 13.8 Å². The van der Waals surface area contributed by atoms with Gasteiger partial charge < -0.3 is 16.0 Å². The minimum absolute atomic E-state index is 0. The average molecular weight is 379 g/mol. The maximum absolute atomic E-state index is 12.2. The molecule has 0 bridgehead atoms. The Labute approximate surface area is 153 Å². The lowest BCUT2D eigenvalue weighted by atomic mass is 9.94. The quantitative estimate of drug-likeness (QED) is 0.718. The van der Waals surface area contributed by atoms with Gasteiger partial charge in [0.25, 0.3) is 5.91 Å². The first-order chi connectivity index (χ1) is 9.97. The molecule has 0 unspecified atom stereocenters. The minimum atomic E-state index is -0.336. The molecular weight excluding hydrogens is 355 g/mol. The zero-order valence-corrected chi connectivity index (χ0v) is 16.0. The molecule has 130 valence electrons. The van der Waals surface area contributed by atoms with Crippen LogP contribution in [-0.4, -0.2) is 28.0 Å². The number of nitrogens with zero attached hydrogens (tertiary/aromatic N) is 1. The van der Waals surface area contributed by atoms with Crippen molar-refractivity contribution in [2.24, 2.45) is 5.73 Å². The predicted octanol–water partition coefficient (Wildman–Crippen LogP) is 3.54. The van der Waals surface area contributed by atoms with Gasteiger partial charge in [0.15, 0.2) is 0 Å². The zero-order valence-electron chi connectivity index (χ0n) is 13.5. The molecule has 0 aromatic carbocycles. The van der Waals surface area contributed by atoms with Gasteiger partial charge in [-0.25, -0.2) is 4.98 Å². The van der Waals surface area contributed by atoms with Crippen molar-refractivity contribution in [2.75, 3.05) is 6.54 Å². The van der Waals surface area contributed by atoms with Crippen molar-refractivity contribution in [3.05, 3.63) is 28.3 Å². The van der Waals surface area contributed by atoms with Crippen LogP contribution in [0.1, 0.15) is 42.2 Å². The summed E-state index contributed by atoms with van der Waals surface area (Å²) in [6.45, 7) is 6.51. The SMILES string of the molecule is CCC(N)(CC)CNC(=O)c1cc(-c2csc(C)n2)c[nH]1.Cl.Cl. The molecule has 5 nitrogen and oxygen atoms in total. The maximum Gasteiger partial charge on any atom is 0.267 e. The van der Waals surface area contributed by atoms with E-state index < -0.39 is 0 Å². The van der Waals surface area contributed by atoms with Crippen LogP contribution >= 0.6 is 36.2 Å². The van der Waals surface area contributed by atoms with Crippen LogP contribution in [0.2, 0.25) is 0 Å². The van der Waals surface area contributed by atoms with Gasteiger partial charge in [0.1, 0.15) is 5.69 Å². The van der Waals surface area contributed by atoms with Crippen LogP contribution < -0.4 is 11.1 Å². The smallest absolute Gasteiger partial charge is 0.267 e. The Bertz CT molecular complexity index is 623. The summed E-state index contributed by atoms with van der Waals surface area (Å²) < 4.78 is 0. The first-order valence-corrected chi connectivity index (χ1v) is 8.03. The highest BCUT2D eigenvalue weighted by Gasteiger charge is 2.21. The lowest BCUT2D eigenvalue weighted by Gasteiger charge is -2.26. The largest absolute Gasteiger partial charge is 0.357 e. The average Bonchev–Trinajstić information content (AvgIpc) is 3.13. The molecule has 0 saturated heterocycles. The van der Waals surface area contributed by atoms with Crippen molar-refractivity contribution in [1.82, 2.24) is 15.3 Å². The number of hydrogen-bond donors (Lipinski definition) is 3. The third-order valence-corrected chi connectivity index (χ3v) is 4.63. The van der Waals surface area contributed by atoms with Crippen LogP contribution in [-0.2, 0) is 0 Å². The van der Waals surface area contributed by atoms with Crippen molar-refractivity contribution in [3.63, 3.8) is 0 Å². The number of nitrogens with one attached hydrogen (secondary N) is 2. The standard InChI is InChI=1S/C15H22N4OS.2ClH/c1-4-15(16,5-2)9-18-14(20)12-6-11(7-17-12)13-8-21-10(3)19-13;;/h6-8,17H,4-5,9,16H2,1-3H3,(H,18,20);2*1H. The molecule has 23 heavy (non-hydrogen) atoms. The van der Waals surface area contributed by atoms with E-state index in [1.807, 2.05) is 32.2 Å². The number of carbonyl (C=O) groups excluding carboxylic acids is 1. The molecule has 0 radical (unpaired) electrons. The van der Waals surface area contributed by atoms with Crippen LogP contribution in [0.5, 0.6) is 0 Å². The van der Waals surface area contributed by atoms with E-state index >= 15 is 0 Å². The summed E-state index contributed by atoms with van der Waals surface area (Å²) in [6.07, 6.45) is 3.47. The normalized spacial score (nSPS) is 10.6. The molecule has 4 N–H and O–H groups in total. The molecule has 0 spiro atoms. The molecule has 0 saturated carbocycles. The monoisotopic (exact) mass is 378 g/mol. The number of halogens is 2. The highest BCUT2D eigenvalue weighted by Crippen LogP contribution is 2.22. The number of H-pyrrole nitrogens is 1. The number of nitrogens with two attached hydrogens (primary N) is 1. The Balaban J connectivity index is 0.00000242. The summed E-state index contributed by atoms with van der Waals surface area (Å²) in [5.74, 6) is -0.134. The highest BCUT2D eigenvalue weighted by atomic mass is 35.5. The van der Waals surface area contributed by atoms with E-state index in [-0.39, 0.29) is 36.3 Å². The summed E-state index contributed by atoms with van der Waals surface area (Å²) in [5.41, 5.74) is 8.20. The third-order valence-electron chi connectivity index (χ3n) is 3.85. The summed E-state index contributed by atoms with van der Waals surface area (Å²) in [5, 5.41) is 5.89. The van der Waals surface area contributed by atoms with Crippen LogP contribution in [0, 0.1) is 6.92 Å². The Hall–Kier alpha value is -1.08. The van der Waals surface area contributed by atoms with Crippen LogP contribution in [0.3, 0.4) is 0 Å². The maximum atomic E-state index is 12.2. The molecule has 0 atom stereocenters. The molecule has 2 rings (SSSR count). The number of amides is 1. The van der Waals surface area contributed by atoms with Crippen LogP contribution in [0.15, 0.2) is 17.6 Å². The van der Waals surface area contributed by atoms with Crippen molar-refractivity contribution in [1.29, 1.82) is 0 Å². The van der Waals surface area contributed by atoms with Gasteiger partial charge in [-0.2, -0.15) is 0 Å². The van der Waals surface area contributed by atoms with E-state index in [4.69, 9.17) is 5.73 Å². The topological polar surface area (TPSA) is 83.8 Å². The van der Waals surface area contributed by atoms with Gasteiger partial charge in [0, 0.05) is 29.2 Å². The first kappa shape index (κ1) is 21.9. The molecule has 0 fully saturated rings. The molecule has 2 aromatic heterocycles. The summed E-state index contributed by atoms with van der Waals surface area (Å²) in [4.78, 5) is 19.6. The van der Waals surface area contributed by atoms with Gasteiger partial charge in [-0.05, 0) is 25.8 Å². The van der Waals surface area contributed by atoms with E-state index in [0.29, 0.717) is 12.2 Å². The molecule has 0 aliphatic rings. The number of hydrogen-bond acceptors (Lipinski definition) is 4. The van der Waals surface area contributed by atoms with Crippen molar-refractivity contribution >= 4 is 42.1 Å². The lowest BCUT2D eigenvalue weighted by molar-refractivity contribution is 0.0938. The molecule has 8 heteroatoms. The fraction of sp³-hybridized carbons (Fsp3) is 0.467. The summed E-state index contributed by atoms with van der Waals surface area (Å²) in [6, 6.07) is 1.82. The number of aryl methyl sites for hydroxylation is 1. The predicted molar refractivity (Wildman–Crippen MR) is 101 cm³/mol. The van der Waals surface area contributed by atoms with Gasteiger partial charge in [0.05, 0.1) is 10.7 Å². The molecule has 2 heterocycles. The fourth-order valence-corrected chi connectivity index (χ4v) is 2.64. The number of thiazole rings is 1. The number of aromatic amines is 1. The zero-order chi connectivity index (χ0) is 15.5. The van der Waals surface area contributed by atoms with Gasteiger partial charge in [0.2, 0.25) is 0 Å². The van der Waals surface area contributed by atoms with Crippen molar-refractivity contribution < 1.29 is 4.79 Å². The first-order valence-electron chi connectivity index (χ1n) is 7.15. The number of carbonyl (C=O) groups is 1. The van der Waals surface area contributed by atoms with Crippen LogP contribution in [0.4, 0.5) is 0 Å². The van der Waals surface area contributed by atoms with Crippen molar-refractivity contribution in [3.8, 4) is 11.3 Å². The van der Waals surface area contributed by atoms with Gasteiger partial charge in [-0.15, -0.1) is 36.2 Å². The molecule has 2 aromatic rings. The second-order valence-electron chi connectivity index (χ2n) is 5.31. The van der Waals surface area contributed by atoms with Crippen LogP contribution in [0.25, 0.3) is 11.3 Å². The van der Waals surface area contributed by atoms with Gasteiger partial charge >= 0.3 is 0 Å². The van der Waals surface area contributed by atoms with Crippen molar-refractivity contribution in [2.45, 2.75) is 39.2 Å². The van der Waals surface area contributed by atoms with E-state index in [1.54, 1.807) is 17.5 Å². The summed E-state index contributed by atoms with van der Waals surface area (Å²) >= 11 is 1.59. The molecule has 1 amide bonds. The third kappa shape index (κ3) is 5.49. The number of rotatable bonds is 6. The molecule has 0 aliphatic carbocycles. The number of aromatic nitrogens is 2. The second kappa shape index (κ2) is 9.27. The van der Waals surface area contributed by atoms with Gasteiger partial charge in [-0.3, -0.25) is 4.79 Å². The Morgan fingerprint density at radius 1 is 1.39 bits per heavy atom. The fourth-order valence-electron chi connectivity index (χ4n) is 2.02. The summed E-state index contributed by atoms with van der Waals surface area (Å²) in [7, 11) is 0. The van der Waals surface area contributed by atoms with E-state index in [2.05, 4.69) is 15.3 Å². The Morgan fingerprint density at radius 3 is 2.57 bits per heavy atom. The van der Waals surface area contributed by atoms with E-state index in [9.17, 15) is 4.79 Å². The lowest BCUT2D eigenvalue weighted by Crippen LogP contribution is -2.49. The Kier molecular flexibility index (Phi) is 8.84. The van der Waals surface area contributed by atoms with E-state index in [1.165, 1.54) is 0 Å².